The fraction of sp³-hybridized carbons (Fsp3) is 0.321. The SMILES string of the molecule is Cc1ccccc1COCC(NC(=O)c1cccnc1Oc1ccc(Cl)cc1)C(=O)N1CCN(C)CC1. The Balaban J connectivity index is 1.49. The molecule has 0 spiro atoms. The summed E-state index contributed by atoms with van der Waals surface area (Å²) in [5, 5.41) is 3.44. The number of likely N-dealkylation sites (N-methyl/N-ethyl adjacent to an activating group) is 1. The number of rotatable bonds is 9. The number of ether oxygens (including phenoxy) is 2. The van der Waals surface area contributed by atoms with Gasteiger partial charge >= 0.3 is 0 Å². The summed E-state index contributed by atoms with van der Waals surface area (Å²) in [5.41, 5.74) is 2.35. The minimum absolute atomic E-state index is 0.0406. The largest absolute Gasteiger partial charge is 0.438 e. The number of benzene rings is 2. The highest BCUT2D eigenvalue weighted by atomic mass is 35.5. The average Bonchev–Trinajstić information content (AvgIpc) is 2.91. The second kappa shape index (κ2) is 12.7. The first-order valence-electron chi connectivity index (χ1n) is 12.2. The van der Waals surface area contributed by atoms with Gasteiger partial charge in [0.2, 0.25) is 11.8 Å². The van der Waals surface area contributed by atoms with E-state index in [2.05, 4.69) is 15.2 Å². The summed E-state index contributed by atoms with van der Waals surface area (Å²) in [4.78, 5) is 35.0. The van der Waals surface area contributed by atoms with Gasteiger partial charge in [0.25, 0.3) is 5.91 Å². The first-order chi connectivity index (χ1) is 17.9. The maximum atomic E-state index is 13.4. The number of carbonyl (C=O) groups excluding carboxylic acids is 2. The smallest absolute Gasteiger partial charge is 0.257 e. The number of amides is 2. The number of hydrogen-bond acceptors (Lipinski definition) is 6. The summed E-state index contributed by atoms with van der Waals surface area (Å²) < 4.78 is 11.8. The highest BCUT2D eigenvalue weighted by Gasteiger charge is 2.29. The first kappa shape index (κ1) is 26.6. The number of halogens is 1. The first-order valence-corrected chi connectivity index (χ1v) is 12.6. The Morgan fingerprint density at radius 3 is 2.49 bits per heavy atom. The van der Waals surface area contributed by atoms with Gasteiger partial charge in [-0.1, -0.05) is 35.9 Å². The molecule has 0 radical (unpaired) electrons. The monoisotopic (exact) mass is 522 g/mol. The van der Waals surface area contributed by atoms with E-state index in [0.29, 0.717) is 30.5 Å². The molecule has 0 saturated carbocycles. The Hall–Kier alpha value is -3.46. The van der Waals surface area contributed by atoms with Crippen molar-refractivity contribution in [1.82, 2.24) is 20.1 Å². The Kier molecular flexibility index (Phi) is 9.11. The lowest BCUT2D eigenvalue weighted by Gasteiger charge is -2.34. The van der Waals surface area contributed by atoms with Gasteiger partial charge in [-0.25, -0.2) is 4.98 Å². The third-order valence-corrected chi connectivity index (χ3v) is 6.52. The molecule has 194 valence electrons. The van der Waals surface area contributed by atoms with Crippen LogP contribution in [0, 0.1) is 6.92 Å². The zero-order chi connectivity index (χ0) is 26.2. The van der Waals surface area contributed by atoms with E-state index in [1.807, 2.05) is 38.2 Å². The fourth-order valence-electron chi connectivity index (χ4n) is 3.98. The van der Waals surface area contributed by atoms with Crippen molar-refractivity contribution >= 4 is 23.4 Å². The summed E-state index contributed by atoms with van der Waals surface area (Å²) in [6, 6.07) is 17.1. The van der Waals surface area contributed by atoms with Crippen LogP contribution in [0.3, 0.4) is 0 Å². The van der Waals surface area contributed by atoms with E-state index in [1.165, 1.54) is 0 Å². The Morgan fingerprint density at radius 1 is 1.03 bits per heavy atom. The number of piperazine rings is 1. The Bertz CT molecular complexity index is 1210. The van der Waals surface area contributed by atoms with Crippen LogP contribution in [0.1, 0.15) is 21.5 Å². The molecule has 1 fully saturated rings. The predicted molar refractivity (Wildman–Crippen MR) is 142 cm³/mol. The van der Waals surface area contributed by atoms with Gasteiger partial charge in [0.15, 0.2) is 0 Å². The lowest BCUT2D eigenvalue weighted by Crippen LogP contribution is -2.55. The molecule has 2 heterocycles. The summed E-state index contributed by atoms with van der Waals surface area (Å²) >= 11 is 5.96. The second-order valence-electron chi connectivity index (χ2n) is 9.01. The summed E-state index contributed by atoms with van der Waals surface area (Å²) in [7, 11) is 2.02. The van der Waals surface area contributed by atoms with Gasteiger partial charge in [-0.15, -0.1) is 0 Å². The second-order valence-corrected chi connectivity index (χ2v) is 9.44. The van der Waals surface area contributed by atoms with Crippen molar-refractivity contribution in [2.24, 2.45) is 0 Å². The molecule has 1 aliphatic rings. The third kappa shape index (κ3) is 7.29. The summed E-state index contributed by atoms with van der Waals surface area (Å²) in [5.74, 6) is -0.0166. The van der Waals surface area contributed by atoms with Gasteiger partial charge in [-0.05, 0) is 61.5 Å². The lowest BCUT2D eigenvalue weighted by atomic mass is 10.1. The van der Waals surface area contributed by atoms with Gasteiger partial charge in [0.05, 0.1) is 13.2 Å². The molecule has 3 aromatic rings. The third-order valence-electron chi connectivity index (χ3n) is 6.27. The molecule has 9 heteroatoms. The number of aryl methyl sites for hydroxylation is 1. The zero-order valence-electron chi connectivity index (χ0n) is 21.0. The van der Waals surface area contributed by atoms with Crippen molar-refractivity contribution < 1.29 is 19.1 Å². The molecule has 8 nitrogen and oxygen atoms in total. The molecule has 1 atom stereocenters. The van der Waals surface area contributed by atoms with Crippen molar-refractivity contribution in [1.29, 1.82) is 0 Å². The molecule has 1 aromatic heterocycles. The van der Waals surface area contributed by atoms with Crippen LogP contribution in [0.25, 0.3) is 0 Å². The van der Waals surface area contributed by atoms with E-state index in [0.717, 1.165) is 24.2 Å². The van der Waals surface area contributed by atoms with Crippen LogP contribution >= 0.6 is 11.6 Å². The molecular formula is C28H31ClN4O4. The quantitative estimate of drug-likeness (QED) is 0.458. The van der Waals surface area contributed by atoms with Crippen LogP contribution < -0.4 is 10.1 Å². The predicted octanol–water partition coefficient (Wildman–Crippen LogP) is 3.92. The number of nitrogens with zero attached hydrogens (tertiary/aromatic N) is 3. The maximum absolute atomic E-state index is 13.4. The molecule has 1 unspecified atom stereocenters. The highest BCUT2D eigenvalue weighted by molar-refractivity contribution is 6.30. The zero-order valence-corrected chi connectivity index (χ0v) is 21.8. The van der Waals surface area contributed by atoms with Gasteiger partial charge in [0.1, 0.15) is 17.4 Å². The Morgan fingerprint density at radius 2 is 1.76 bits per heavy atom. The number of nitrogens with one attached hydrogen (secondary N) is 1. The summed E-state index contributed by atoms with van der Waals surface area (Å²) in [6.07, 6.45) is 1.54. The van der Waals surface area contributed by atoms with Gasteiger partial charge in [-0.2, -0.15) is 0 Å². The number of carbonyl (C=O) groups is 2. The summed E-state index contributed by atoms with van der Waals surface area (Å²) in [6.45, 7) is 5.13. The topological polar surface area (TPSA) is 84.0 Å². The average molecular weight is 523 g/mol. The fourth-order valence-corrected chi connectivity index (χ4v) is 4.10. The molecule has 1 N–H and O–H groups in total. The molecule has 2 aromatic carbocycles. The maximum Gasteiger partial charge on any atom is 0.257 e. The van der Waals surface area contributed by atoms with E-state index in [1.54, 1.807) is 47.5 Å². The van der Waals surface area contributed by atoms with Crippen LogP contribution in [-0.2, 0) is 16.1 Å². The van der Waals surface area contributed by atoms with E-state index in [9.17, 15) is 9.59 Å². The normalized spacial score (nSPS) is 14.7. The standard InChI is InChI=1S/C28H31ClN4O4/c1-20-6-3-4-7-21(20)18-36-19-25(28(35)33-16-14-32(2)15-17-33)31-26(34)24-8-5-13-30-27(24)37-23-11-9-22(29)10-12-23/h3-13,25H,14-19H2,1-2H3,(H,31,34). The highest BCUT2D eigenvalue weighted by Crippen LogP contribution is 2.24. The van der Waals surface area contributed by atoms with Gasteiger partial charge in [-0.3, -0.25) is 9.59 Å². The number of pyridine rings is 1. The molecule has 4 rings (SSSR count). The van der Waals surface area contributed by atoms with E-state index in [-0.39, 0.29) is 24.0 Å². The minimum Gasteiger partial charge on any atom is -0.438 e. The van der Waals surface area contributed by atoms with Crippen molar-refractivity contribution in [3.63, 3.8) is 0 Å². The molecule has 0 bridgehead atoms. The lowest BCUT2D eigenvalue weighted by molar-refractivity contribution is -0.136. The van der Waals surface area contributed by atoms with Crippen LogP contribution in [0.5, 0.6) is 11.6 Å². The molecule has 1 saturated heterocycles. The van der Waals surface area contributed by atoms with E-state index in [4.69, 9.17) is 21.1 Å². The Labute approximate surface area is 222 Å². The van der Waals surface area contributed by atoms with Crippen LogP contribution in [0.4, 0.5) is 0 Å². The number of hydrogen-bond donors (Lipinski definition) is 1. The minimum atomic E-state index is -0.858. The molecule has 0 aliphatic carbocycles. The molecule has 1 aliphatic heterocycles. The van der Waals surface area contributed by atoms with Crippen molar-refractivity contribution in [3.05, 3.63) is 88.6 Å². The number of aromatic nitrogens is 1. The van der Waals surface area contributed by atoms with Gasteiger partial charge in [0, 0.05) is 37.4 Å². The van der Waals surface area contributed by atoms with Crippen molar-refractivity contribution in [2.75, 3.05) is 39.8 Å². The van der Waals surface area contributed by atoms with E-state index < -0.39 is 11.9 Å². The van der Waals surface area contributed by atoms with E-state index >= 15 is 0 Å². The van der Waals surface area contributed by atoms with Crippen LogP contribution in [0.2, 0.25) is 5.02 Å². The van der Waals surface area contributed by atoms with Crippen LogP contribution in [-0.4, -0.2) is 72.5 Å². The molecule has 37 heavy (non-hydrogen) atoms. The van der Waals surface area contributed by atoms with Crippen molar-refractivity contribution in [3.8, 4) is 11.6 Å². The van der Waals surface area contributed by atoms with Crippen LogP contribution in [0.15, 0.2) is 66.9 Å². The van der Waals surface area contributed by atoms with Gasteiger partial charge < -0.3 is 24.6 Å². The molecular weight excluding hydrogens is 492 g/mol. The molecule has 2 amide bonds. The van der Waals surface area contributed by atoms with Crippen molar-refractivity contribution in [2.45, 2.75) is 19.6 Å².